The Kier molecular flexibility index (Phi) is 2.52. The van der Waals surface area contributed by atoms with Gasteiger partial charge in [0.1, 0.15) is 0 Å². The molecule has 1 N–H and O–H groups in total. The number of rotatable bonds is 1. The number of nitrogens with zero attached hydrogens (tertiary/aromatic N) is 3. The molecule has 3 heterocycles. The van der Waals surface area contributed by atoms with Crippen molar-refractivity contribution in [2.24, 2.45) is 5.92 Å². The van der Waals surface area contributed by atoms with E-state index in [9.17, 15) is 0 Å². The zero-order valence-electron chi connectivity index (χ0n) is 9.69. The average Bonchev–Trinajstić information content (AvgIpc) is 2.73. The van der Waals surface area contributed by atoms with Crippen molar-refractivity contribution in [1.29, 1.82) is 0 Å². The summed E-state index contributed by atoms with van der Waals surface area (Å²) >= 11 is 0. The number of aryl methyl sites for hydroxylation is 1. The van der Waals surface area contributed by atoms with Gasteiger partial charge in [-0.25, -0.2) is 0 Å². The second-order valence-corrected chi connectivity index (χ2v) is 4.90. The molecule has 0 unspecified atom stereocenters. The van der Waals surface area contributed by atoms with Crippen LogP contribution in [0.25, 0.3) is 0 Å². The van der Waals surface area contributed by atoms with E-state index in [4.69, 9.17) is 0 Å². The first kappa shape index (κ1) is 10.0. The molecule has 2 aliphatic rings. The first-order chi connectivity index (χ1) is 7.83. The van der Waals surface area contributed by atoms with E-state index in [1.54, 1.807) is 0 Å². The van der Waals surface area contributed by atoms with Gasteiger partial charge in [-0.05, 0) is 44.4 Å². The molecule has 0 bridgehead atoms. The molecule has 2 saturated heterocycles. The lowest BCUT2D eigenvalue weighted by Crippen LogP contribution is -2.40. The maximum atomic E-state index is 4.27. The van der Waals surface area contributed by atoms with Gasteiger partial charge in [0.2, 0.25) is 0 Å². The summed E-state index contributed by atoms with van der Waals surface area (Å²) in [5.74, 6) is 1.83. The molecule has 16 heavy (non-hydrogen) atoms. The number of anilines is 1. The second kappa shape index (κ2) is 4.01. The van der Waals surface area contributed by atoms with E-state index < -0.39 is 0 Å². The van der Waals surface area contributed by atoms with Crippen molar-refractivity contribution in [3.05, 3.63) is 17.8 Å². The molecule has 0 aromatic carbocycles. The van der Waals surface area contributed by atoms with Crippen molar-refractivity contribution in [3.63, 3.8) is 0 Å². The molecular formula is C12H18N4. The highest BCUT2D eigenvalue weighted by Gasteiger charge is 2.34. The number of hydrogen-bond acceptors (Lipinski definition) is 4. The highest BCUT2D eigenvalue weighted by atomic mass is 15.3. The van der Waals surface area contributed by atoms with Gasteiger partial charge in [-0.15, -0.1) is 5.10 Å². The topological polar surface area (TPSA) is 41.0 Å². The SMILES string of the molecule is Cc1ccc(N2C[C@@H]3CCCN[C@@H]3C2)nn1. The van der Waals surface area contributed by atoms with Gasteiger partial charge in [0, 0.05) is 19.1 Å². The van der Waals surface area contributed by atoms with Gasteiger partial charge in [-0.3, -0.25) is 0 Å². The minimum atomic E-state index is 0.664. The van der Waals surface area contributed by atoms with Crippen molar-refractivity contribution < 1.29 is 0 Å². The smallest absolute Gasteiger partial charge is 0.151 e. The Morgan fingerprint density at radius 3 is 3.00 bits per heavy atom. The molecular weight excluding hydrogens is 200 g/mol. The maximum Gasteiger partial charge on any atom is 0.151 e. The summed E-state index contributed by atoms with van der Waals surface area (Å²) in [5.41, 5.74) is 0.985. The third-order valence-electron chi connectivity index (χ3n) is 3.71. The van der Waals surface area contributed by atoms with Gasteiger partial charge in [0.25, 0.3) is 0 Å². The maximum absolute atomic E-state index is 4.27. The largest absolute Gasteiger partial charge is 0.353 e. The Morgan fingerprint density at radius 1 is 1.31 bits per heavy atom. The molecule has 1 aromatic rings. The number of hydrogen-bond donors (Lipinski definition) is 1. The zero-order chi connectivity index (χ0) is 11.0. The van der Waals surface area contributed by atoms with Crippen LogP contribution in [0.4, 0.5) is 5.82 Å². The standard InChI is InChI=1S/C12H18N4/c1-9-4-5-12(15-14-9)16-7-10-3-2-6-13-11(10)8-16/h4-5,10-11,13H,2-3,6-8H2,1H3/t10-,11+/m0/s1. The highest BCUT2D eigenvalue weighted by Crippen LogP contribution is 2.27. The summed E-state index contributed by atoms with van der Waals surface area (Å²) in [6.07, 6.45) is 2.67. The third-order valence-corrected chi connectivity index (χ3v) is 3.71. The van der Waals surface area contributed by atoms with Crippen molar-refractivity contribution in [3.8, 4) is 0 Å². The zero-order valence-corrected chi connectivity index (χ0v) is 9.69. The summed E-state index contributed by atoms with van der Waals surface area (Å²) in [6.45, 7) is 5.37. The van der Waals surface area contributed by atoms with Crippen LogP contribution in [-0.2, 0) is 0 Å². The molecule has 3 rings (SSSR count). The fraction of sp³-hybridized carbons (Fsp3) is 0.667. The summed E-state index contributed by atoms with van der Waals surface area (Å²) < 4.78 is 0. The van der Waals surface area contributed by atoms with Crippen LogP contribution in [0.1, 0.15) is 18.5 Å². The third kappa shape index (κ3) is 1.78. The van der Waals surface area contributed by atoms with Gasteiger partial charge in [-0.1, -0.05) is 0 Å². The molecule has 0 radical (unpaired) electrons. The van der Waals surface area contributed by atoms with Crippen molar-refractivity contribution in [2.45, 2.75) is 25.8 Å². The van der Waals surface area contributed by atoms with E-state index in [-0.39, 0.29) is 0 Å². The number of nitrogens with one attached hydrogen (secondary N) is 1. The minimum Gasteiger partial charge on any atom is -0.353 e. The van der Waals surface area contributed by atoms with E-state index in [0.717, 1.165) is 30.5 Å². The van der Waals surface area contributed by atoms with Gasteiger partial charge >= 0.3 is 0 Å². The van der Waals surface area contributed by atoms with Crippen LogP contribution in [0.2, 0.25) is 0 Å². The van der Waals surface area contributed by atoms with Crippen LogP contribution < -0.4 is 10.2 Å². The fourth-order valence-electron chi connectivity index (χ4n) is 2.79. The summed E-state index contributed by atoms with van der Waals surface area (Å²) in [5, 5.41) is 12.0. The van der Waals surface area contributed by atoms with Crippen LogP contribution >= 0.6 is 0 Å². The Balaban J connectivity index is 1.75. The monoisotopic (exact) mass is 218 g/mol. The fourth-order valence-corrected chi connectivity index (χ4v) is 2.79. The molecule has 4 nitrogen and oxygen atoms in total. The minimum absolute atomic E-state index is 0.664. The van der Waals surface area contributed by atoms with Gasteiger partial charge in [0.05, 0.1) is 5.69 Å². The van der Waals surface area contributed by atoms with Crippen molar-refractivity contribution >= 4 is 5.82 Å². The van der Waals surface area contributed by atoms with Gasteiger partial charge in [-0.2, -0.15) is 5.10 Å². The normalized spacial score (nSPS) is 29.2. The van der Waals surface area contributed by atoms with Crippen LogP contribution in [0.15, 0.2) is 12.1 Å². The van der Waals surface area contributed by atoms with Crippen LogP contribution in [0.3, 0.4) is 0 Å². The predicted molar refractivity (Wildman–Crippen MR) is 63.5 cm³/mol. The molecule has 2 fully saturated rings. The lowest BCUT2D eigenvalue weighted by atomic mass is 9.94. The Morgan fingerprint density at radius 2 is 2.25 bits per heavy atom. The molecule has 2 aliphatic heterocycles. The Hall–Kier alpha value is -1.16. The molecule has 2 atom stereocenters. The average molecular weight is 218 g/mol. The first-order valence-electron chi connectivity index (χ1n) is 6.11. The van der Waals surface area contributed by atoms with Crippen molar-refractivity contribution in [2.75, 3.05) is 24.5 Å². The molecule has 0 aliphatic carbocycles. The molecule has 0 saturated carbocycles. The van der Waals surface area contributed by atoms with E-state index in [1.165, 1.54) is 19.4 Å². The number of piperidine rings is 1. The van der Waals surface area contributed by atoms with Crippen LogP contribution in [0, 0.1) is 12.8 Å². The van der Waals surface area contributed by atoms with Crippen LogP contribution in [-0.4, -0.2) is 35.9 Å². The molecule has 86 valence electrons. The lowest BCUT2D eigenvalue weighted by Gasteiger charge is -2.24. The van der Waals surface area contributed by atoms with E-state index in [1.807, 2.05) is 13.0 Å². The molecule has 0 amide bonds. The number of aromatic nitrogens is 2. The van der Waals surface area contributed by atoms with Gasteiger partial charge in [0.15, 0.2) is 5.82 Å². The molecule has 1 aromatic heterocycles. The van der Waals surface area contributed by atoms with E-state index in [0.29, 0.717) is 6.04 Å². The second-order valence-electron chi connectivity index (χ2n) is 4.90. The predicted octanol–water partition coefficient (Wildman–Crippen LogP) is 0.973. The number of fused-ring (bicyclic) bond motifs is 1. The lowest BCUT2D eigenvalue weighted by molar-refractivity contribution is 0.340. The highest BCUT2D eigenvalue weighted by molar-refractivity contribution is 5.39. The Labute approximate surface area is 96.1 Å². The summed E-state index contributed by atoms with van der Waals surface area (Å²) in [6, 6.07) is 4.79. The molecule has 4 heteroatoms. The summed E-state index contributed by atoms with van der Waals surface area (Å²) in [7, 11) is 0. The quantitative estimate of drug-likeness (QED) is 0.762. The van der Waals surface area contributed by atoms with E-state index in [2.05, 4.69) is 26.5 Å². The van der Waals surface area contributed by atoms with Crippen LogP contribution in [0.5, 0.6) is 0 Å². The van der Waals surface area contributed by atoms with Gasteiger partial charge < -0.3 is 10.2 Å². The first-order valence-corrected chi connectivity index (χ1v) is 6.11. The van der Waals surface area contributed by atoms with Crippen molar-refractivity contribution in [1.82, 2.24) is 15.5 Å². The molecule has 0 spiro atoms. The summed E-state index contributed by atoms with van der Waals surface area (Å²) in [4.78, 5) is 2.36. The Bertz CT molecular complexity index is 348. The van der Waals surface area contributed by atoms with E-state index >= 15 is 0 Å².